The molecule has 3 nitrogen and oxygen atoms in total. The van der Waals surface area contributed by atoms with Crippen LogP contribution in [-0.2, 0) is 4.74 Å². The second-order valence-electron chi connectivity index (χ2n) is 5.32. The summed E-state index contributed by atoms with van der Waals surface area (Å²) in [6, 6.07) is 0. The van der Waals surface area contributed by atoms with E-state index in [9.17, 15) is 0 Å². The third-order valence-electron chi connectivity index (χ3n) is 3.76. The number of morpholine rings is 1. The largest absolute Gasteiger partial charge is 0.378 e. The molecule has 0 spiro atoms. The minimum absolute atomic E-state index is 0.618. The van der Waals surface area contributed by atoms with E-state index in [2.05, 4.69) is 36.3 Å². The molecule has 1 fully saturated rings. The topological polar surface area (TPSA) is 25.4 Å². The van der Waals surface area contributed by atoms with Gasteiger partial charge in [0, 0.05) is 18.5 Å². The minimum Gasteiger partial charge on any atom is -0.378 e. The van der Waals surface area contributed by atoms with E-state index >= 15 is 0 Å². The third-order valence-corrected chi connectivity index (χ3v) is 4.66. The molecular weight excluding hydrogens is 256 g/mol. The highest BCUT2D eigenvalue weighted by molar-refractivity contribution is 7.13. The Morgan fingerprint density at radius 1 is 1.37 bits per heavy atom. The fraction of sp³-hybridized carbons (Fsp3) is 0.533. The molecule has 0 radical (unpaired) electrons. The lowest BCUT2D eigenvalue weighted by molar-refractivity contribution is 0.122. The number of thiazole rings is 1. The van der Waals surface area contributed by atoms with Crippen molar-refractivity contribution in [2.24, 2.45) is 5.92 Å². The first-order chi connectivity index (χ1) is 9.24. The van der Waals surface area contributed by atoms with Crippen LogP contribution in [0, 0.1) is 5.92 Å². The van der Waals surface area contributed by atoms with E-state index in [1.54, 1.807) is 11.3 Å². The Labute approximate surface area is 118 Å². The summed E-state index contributed by atoms with van der Waals surface area (Å²) in [5.41, 5.74) is 3.93. The van der Waals surface area contributed by atoms with Gasteiger partial charge in [0.05, 0.1) is 18.9 Å². The summed E-state index contributed by atoms with van der Waals surface area (Å²) in [6.07, 6.45) is 5.62. The number of hydrogen-bond donors (Lipinski definition) is 0. The van der Waals surface area contributed by atoms with Crippen LogP contribution in [0.5, 0.6) is 0 Å². The molecule has 3 rings (SSSR count). The summed E-state index contributed by atoms with van der Waals surface area (Å²) in [5, 5.41) is 3.34. The van der Waals surface area contributed by atoms with Crippen LogP contribution >= 0.6 is 11.3 Å². The number of nitrogens with zero attached hydrogens (tertiary/aromatic N) is 2. The molecule has 0 amide bonds. The van der Waals surface area contributed by atoms with E-state index in [0.717, 1.165) is 37.9 Å². The van der Waals surface area contributed by atoms with Gasteiger partial charge in [0.1, 0.15) is 0 Å². The molecule has 1 aromatic rings. The molecule has 102 valence electrons. The number of aromatic nitrogens is 1. The van der Waals surface area contributed by atoms with Crippen molar-refractivity contribution in [2.75, 3.05) is 31.2 Å². The highest BCUT2D eigenvalue weighted by atomic mass is 32.1. The van der Waals surface area contributed by atoms with Gasteiger partial charge in [-0.3, -0.25) is 0 Å². The zero-order valence-corrected chi connectivity index (χ0v) is 12.4. The number of rotatable bonds is 2. The number of allylic oxidation sites excluding steroid dienone is 4. The van der Waals surface area contributed by atoms with E-state index in [1.807, 2.05) is 0 Å². The Hall–Kier alpha value is -1.13. The number of ether oxygens (including phenoxy) is 1. The van der Waals surface area contributed by atoms with E-state index < -0.39 is 0 Å². The lowest BCUT2D eigenvalue weighted by atomic mass is 9.90. The average Bonchev–Trinajstić information content (AvgIpc) is 2.92. The van der Waals surface area contributed by atoms with Crippen LogP contribution in [0.25, 0.3) is 5.57 Å². The van der Waals surface area contributed by atoms with Crippen LogP contribution in [0.15, 0.2) is 23.1 Å². The molecule has 1 atom stereocenters. The summed E-state index contributed by atoms with van der Waals surface area (Å²) in [4.78, 5) is 7.17. The summed E-state index contributed by atoms with van der Waals surface area (Å²) in [6.45, 7) is 8.00. The standard InChI is InChI=1S/C15H20N2OS/c1-11-3-4-12(2)13(9-11)14-10-19-15(16-14)17-5-7-18-8-6-17/h3-4,10-11H,5-9H2,1-2H3. The van der Waals surface area contributed by atoms with Crippen molar-refractivity contribution in [1.82, 2.24) is 4.98 Å². The first-order valence-electron chi connectivity index (χ1n) is 6.90. The van der Waals surface area contributed by atoms with Gasteiger partial charge < -0.3 is 9.64 Å². The van der Waals surface area contributed by atoms with E-state index in [4.69, 9.17) is 9.72 Å². The molecule has 1 aliphatic heterocycles. The molecule has 1 aliphatic carbocycles. The van der Waals surface area contributed by atoms with Crippen LogP contribution < -0.4 is 4.90 Å². The van der Waals surface area contributed by atoms with Crippen molar-refractivity contribution in [3.8, 4) is 0 Å². The molecule has 4 heteroatoms. The van der Waals surface area contributed by atoms with Gasteiger partial charge >= 0.3 is 0 Å². The average molecular weight is 276 g/mol. The van der Waals surface area contributed by atoms with Gasteiger partial charge in [0.25, 0.3) is 0 Å². The molecule has 1 unspecified atom stereocenters. The summed E-state index contributed by atoms with van der Waals surface area (Å²) >= 11 is 1.75. The Kier molecular flexibility index (Phi) is 3.71. The Morgan fingerprint density at radius 2 is 2.16 bits per heavy atom. The van der Waals surface area contributed by atoms with Crippen LogP contribution in [0.4, 0.5) is 5.13 Å². The maximum Gasteiger partial charge on any atom is 0.186 e. The first kappa shape index (κ1) is 12.9. The first-order valence-corrected chi connectivity index (χ1v) is 7.78. The van der Waals surface area contributed by atoms with Gasteiger partial charge in [-0.05, 0) is 30.4 Å². The van der Waals surface area contributed by atoms with Crippen molar-refractivity contribution in [2.45, 2.75) is 20.3 Å². The van der Waals surface area contributed by atoms with Crippen molar-refractivity contribution in [1.29, 1.82) is 0 Å². The smallest absolute Gasteiger partial charge is 0.186 e. The van der Waals surface area contributed by atoms with Crippen molar-refractivity contribution in [3.05, 3.63) is 28.8 Å². The maximum atomic E-state index is 5.39. The summed E-state index contributed by atoms with van der Waals surface area (Å²) in [7, 11) is 0. The van der Waals surface area contributed by atoms with Gasteiger partial charge in [-0.25, -0.2) is 4.98 Å². The monoisotopic (exact) mass is 276 g/mol. The normalized spacial score (nSPS) is 24.1. The van der Waals surface area contributed by atoms with Crippen LogP contribution in [-0.4, -0.2) is 31.3 Å². The van der Waals surface area contributed by atoms with Crippen molar-refractivity contribution in [3.63, 3.8) is 0 Å². The van der Waals surface area contributed by atoms with Crippen LogP contribution in [0.1, 0.15) is 26.0 Å². The van der Waals surface area contributed by atoms with Gasteiger partial charge in [-0.1, -0.05) is 19.1 Å². The van der Waals surface area contributed by atoms with Gasteiger partial charge in [0.2, 0.25) is 0 Å². The lowest BCUT2D eigenvalue weighted by Crippen LogP contribution is -2.36. The number of anilines is 1. The van der Waals surface area contributed by atoms with Gasteiger partial charge in [-0.2, -0.15) is 0 Å². The van der Waals surface area contributed by atoms with E-state index in [0.29, 0.717) is 5.92 Å². The van der Waals surface area contributed by atoms with Crippen molar-refractivity contribution >= 4 is 22.0 Å². The molecule has 0 bridgehead atoms. The summed E-state index contributed by atoms with van der Waals surface area (Å²) < 4.78 is 5.39. The lowest BCUT2D eigenvalue weighted by Gasteiger charge is -2.26. The SMILES string of the molecule is CC1=C(c2csc(N3CCOCC3)n2)CC(C)C=C1. The molecule has 19 heavy (non-hydrogen) atoms. The summed E-state index contributed by atoms with van der Waals surface area (Å²) in [5.74, 6) is 0.618. The third kappa shape index (κ3) is 2.74. The molecule has 1 aromatic heterocycles. The second-order valence-corrected chi connectivity index (χ2v) is 6.15. The Bertz CT molecular complexity index is 512. The van der Waals surface area contributed by atoms with E-state index in [1.165, 1.54) is 16.8 Å². The van der Waals surface area contributed by atoms with E-state index in [-0.39, 0.29) is 0 Å². The fourth-order valence-electron chi connectivity index (χ4n) is 2.57. The van der Waals surface area contributed by atoms with Crippen molar-refractivity contribution < 1.29 is 4.74 Å². The Morgan fingerprint density at radius 3 is 2.95 bits per heavy atom. The number of hydrogen-bond acceptors (Lipinski definition) is 4. The zero-order valence-electron chi connectivity index (χ0n) is 11.6. The highest BCUT2D eigenvalue weighted by Crippen LogP contribution is 2.33. The molecular formula is C15H20N2OS. The van der Waals surface area contributed by atoms with Gasteiger partial charge in [0.15, 0.2) is 5.13 Å². The predicted octanol–water partition coefficient (Wildman–Crippen LogP) is 3.35. The predicted molar refractivity (Wildman–Crippen MR) is 80.7 cm³/mol. The quantitative estimate of drug-likeness (QED) is 0.828. The fourth-order valence-corrected chi connectivity index (χ4v) is 3.46. The molecule has 0 saturated carbocycles. The Balaban J connectivity index is 1.82. The van der Waals surface area contributed by atoms with Crippen LogP contribution in [0.2, 0.25) is 0 Å². The van der Waals surface area contributed by atoms with Gasteiger partial charge in [-0.15, -0.1) is 11.3 Å². The molecule has 0 aromatic carbocycles. The minimum atomic E-state index is 0.618. The highest BCUT2D eigenvalue weighted by Gasteiger charge is 2.18. The maximum absolute atomic E-state index is 5.39. The second kappa shape index (κ2) is 5.47. The van der Waals surface area contributed by atoms with Crippen LogP contribution in [0.3, 0.4) is 0 Å². The molecule has 2 heterocycles. The molecule has 0 N–H and O–H groups in total. The molecule has 1 saturated heterocycles. The molecule has 2 aliphatic rings. The zero-order chi connectivity index (χ0) is 13.2.